The van der Waals surface area contributed by atoms with E-state index in [0.717, 1.165) is 19.8 Å². The molecule has 1 unspecified atom stereocenters. The lowest BCUT2D eigenvalue weighted by Crippen LogP contribution is -2.58. The van der Waals surface area contributed by atoms with Crippen LogP contribution < -0.4 is 5.73 Å². The van der Waals surface area contributed by atoms with Crippen LogP contribution in [0.3, 0.4) is 0 Å². The third-order valence-corrected chi connectivity index (χ3v) is 3.96. The van der Waals surface area contributed by atoms with E-state index in [4.69, 9.17) is 10.5 Å². The molecule has 2 rings (SSSR count). The topological polar surface area (TPSA) is 38.5 Å². The van der Waals surface area contributed by atoms with Crippen molar-refractivity contribution in [1.29, 1.82) is 0 Å². The fourth-order valence-electron chi connectivity index (χ4n) is 2.92. The van der Waals surface area contributed by atoms with E-state index < -0.39 is 0 Å². The van der Waals surface area contributed by atoms with Crippen LogP contribution in [-0.2, 0) is 4.74 Å². The maximum atomic E-state index is 6.00. The molecule has 88 valence electrons. The number of ether oxygens (including phenoxy) is 1. The van der Waals surface area contributed by atoms with Crippen molar-refractivity contribution in [2.75, 3.05) is 32.8 Å². The van der Waals surface area contributed by atoms with Gasteiger partial charge in [0.2, 0.25) is 0 Å². The Morgan fingerprint density at radius 2 is 1.80 bits per heavy atom. The van der Waals surface area contributed by atoms with Gasteiger partial charge in [0.05, 0.1) is 12.1 Å². The molecule has 2 N–H and O–H groups in total. The molecular formula is C12H24N2O. The minimum atomic E-state index is 0.169. The minimum Gasteiger partial charge on any atom is -0.379 e. The highest BCUT2D eigenvalue weighted by Gasteiger charge is 2.37. The smallest absolute Gasteiger partial charge is 0.0662 e. The monoisotopic (exact) mass is 212 g/mol. The van der Waals surface area contributed by atoms with E-state index in [0.29, 0.717) is 0 Å². The van der Waals surface area contributed by atoms with E-state index in [1.54, 1.807) is 0 Å². The zero-order valence-corrected chi connectivity index (χ0v) is 9.71. The van der Waals surface area contributed by atoms with Crippen molar-refractivity contribution in [3.05, 3.63) is 0 Å². The molecule has 2 aliphatic heterocycles. The van der Waals surface area contributed by atoms with Crippen molar-refractivity contribution < 1.29 is 4.74 Å². The van der Waals surface area contributed by atoms with Crippen molar-refractivity contribution >= 4 is 0 Å². The van der Waals surface area contributed by atoms with Gasteiger partial charge in [-0.25, -0.2) is 0 Å². The lowest BCUT2D eigenvalue weighted by atomic mass is 9.90. The Morgan fingerprint density at radius 1 is 1.07 bits per heavy atom. The second kappa shape index (κ2) is 5.28. The second-order valence-electron chi connectivity index (χ2n) is 4.99. The van der Waals surface area contributed by atoms with Crippen LogP contribution in [0.2, 0.25) is 0 Å². The Labute approximate surface area is 93.0 Å². The van der Waals surface area contributed by atoms with Crippen LogP contribution in [-0.4, -0.2) is 43.3 Å². The van der Waals surface area contributed by atoms with Crippen LogP contribution in [0.25, 0.3) is 0 Å². The first-order valence-electron chi connectivity index (χ1n) is 6.40. The van der Waals surface area contributed by atoms with E-state index in [1.807, 2.05) is 0 Å². The third kappa shape index (κ3) is 2.52. The quantitative estimate of drug-likeness (QED) is 0.751. The molecule has 15 heavy (non-hydrogen) atoms. The molecule has 1 atom stereocenters. The lowest BCUT2D eigenvalue weighted by molar-refractivity contribution is -0.0437. The molecule has 0 aliphatic carbocycles. The Morgan fingerprint density at radius 3 is 2.33 bits per heavy atom. The molecule has 0 aromatic heterocycles. The van der Waals surface area contributed by atoms with Gasteiger partial charge in [0.25, 0.3) is 0 Å². The van der Waals surface area contributed by atoms with Gasteiger partial charge >= 0.3 is 0 Å². The molecule has 0 amide bonds. The van der Waals surface area contributed by atoms with Crippen LogP contribution in [0.15, 0.2) is 0 Å². The first kappa shape index (κ1) is 11.4. The molecular weight excluding hydrogens is 188 g/mol. The summed E-state index contributed by atoms with van der Waals surface area (Å²) >= 11 is 0. The SMILES string of the molecule is NCC1(N2CCCCCC2)CCCOC1. The second-order valence-corrected chi connectivity index (χ2v) is 4.99. The summed E-state index contributed by atoms with van der Waals surface area (Å²) in [4.78, 5) is 2.61. The average Bonchev–Trinajstić information content (AvgIpc) is 2.59. The van der Waals surface area contributed by atoms with Crippen LogP contribution in [0.5, 0.6) is 0 Å². The normalized spacial score (nSPS) is 35.0. The van der Waals surface area contributed by atoms with E-state index in [1.165, 1.54) is 51.6 Å². The van der Waals surface area contributed by atoms with Crippen molar-refractivity contribution in [3.8, 4) is 0 Å². The van der Waals surface area contributed by atoms with E-state index in [2.05, 4.69) is 4.90 Å². The van der Waals surface area contributed by atoms with Gasteiger partial charge in [0.15, 0.2) is 0 Å². The summed E-state index contributed by atoms with van der Waals surface area (Å²) in [6.07, 6.45) is 7.84. The van der Waals surface area contributed by atoms with Crippen molar-refractivity contribution in [3.63, 3.8) is 0 Å². The Bertz CT molecular complexity index is 182. The van der Waals surface area contributed by atoms with Crippen molar-refractivity contribution in [1.82, 2.24) is 4.90 Å². The molecule has 0 aromatic carbocycles. The van der Waals surface area contributed by atoms with Gasteiger partial charge in [-0.2, -0.15) is 0 Å². The summed E-state index contributed by atoms with van der Waals surface area (Å²) in [7, 11) is 0. The summed E-state index contributed by atoms with van der Waals surface area (Å²) in [5.41, 5.74) is 6.17. The number of nitrogens with zero attached hydrogens (tertiary/aromatic N) is 1. The number of hydrogen-bond donors (Lipinski definition) is 1. The molecule has 2 heterocycles. The van der Waals surface area contributed by atoms with E-state index in [-0.39, 0.29) is 5.54 Å². The van der Waals surface area contributed by atoms with Crippen LogP contribution >= 0.6 is 0 Å². The first-order chi connectivity index (χ1) is 7.37. The summed E-state index contributed by atoms with van der Waals surface area (Å²) in [6.45, 7) is 4.98. The minimum absolute atomic E-state index is 0.169. The Balaban J connectivity index is 2.01. The molecule has 3 nitrogen and oxygen atoms in total. The predicted octanol–water partition coefficient (Wildman–Crippen LogP) is 1.37. The summed E-state index contributed by atoms with van der Waals surface area (Å²) in [5, 5.41) is 0. The Kier molecular flexibility index (Phi) is 4.00. The highest BCUT2D eigenvalue weighted by Crippen LogP contribution is 2.27. The number of likely N-dealkylation sites (tertiary alicyclic amines) is 1. The maximum absolute atomic E-state index is 6.00. The van der Waals surface area contributed by atoms with Gasteiger partial charge in [0, 0.05) is 13.2 Å². The summed E-state index contributed by atoms with van der Waals surface area (Å²) in [6, 6.07) is 0. The molecule has 2 aliphatic rings. The molecule has 0 radical (unpaired) electrons. The maximum Gasteiger partial charge on any atom is 0.0662 e. The van der Waals surface area contributed by atoms with Gasteiger partial charge in [-0.1, -0.05) is 12.8 Å². The molecule has 0 aromatic rings. The highest BCUT2D eigenvalue weighted by atomic mass is 16.5. The van der Waals surface area contributed by atoms with Gasteiger partial charge in [-0.05, 0) is 38.8 Å². The predicted molar refractivity (Wildman–Crippen MR) is 61.9 cm³/mol. The first-order valence-corrected chi connectivity index (χ1v) is 6.40. The highest BCUT2D eigenvalue weighted by molar-refractivity contribution is 4.94. The van der Waals surface area contributed by atoms with Crippen molar-refractivity contribution in [2.45, 2.75) is 44.1 Å². The standard InChI is InChI=1S/C12H24N2O/c13-10-12(6-5-9-15-11-12)14-7-3-1-2-4-8-14/h1-11,13H2. The molecule has 0 spiro atoms. The lowest BCUT2D eigenvalue weighted by Gasteiger charge is -2.45. The fourth-order valence-corrected chi connectivity index (χ4v) is 2.92. The van der Waals surface area contributed by atoms with Gasteiger partial charge in [-0.3, -0.25) is 4.90 Å². The van der Waals surface area contributed by atoms with Gasteiger partial charge < -0.3 is 10.5 Å². The number of nitrogens with two attached hydrogens (primary N) is 1. The zero-order chi connectivity index (χ0) is 10.6. The molecule has 0 bridgehead atoms. The zero-order valence-electron chi connectivity index (χ0n) is 9.71. The average molecular weight is 212 g/mol. The van der Waals surface area contributed by atoms with Gasteiger partial charge in [0.1, 0.15) is 0 Å². The number of rotatable bonds is 2. The van der Waals surface area contributed by atoms with Crippen LogP contribution in [0.4, 0.5) is 0 Å². The molecule has 2 fully saturated rings. The van der Waals surface area contributed by atoms with E-state index >= 15 is 0 Å². The van der Waals surface area contributed by atoms with Crippen LogP contribution in [0, 0.1) is 0 Å². The molecule has 2 saturated heterocycles. The largest absolute Gasteiger partial charge is 0.379 e. The third-order valence-electron chi connectivity index (χ3n) is 3.96. The van der Waals surface area contributed by atoms with Gasteiger partial charge in [-0.15, -0.1) is 0 Å². The number of hydrogen-bond acceptors (Lipinski definition) is 3. The van der Waals surface area contributed by atoms with Crippen molar-refractivity contribution in [2.24, 2.45) is 5.73 Å². The Hall–Kier alpha value is -0.120. The molecule has 3 heteroatoms. The summed E-state index contributed by atoms with van der Waals surface area (Å²) < 4.78 is 5.65. The van der Waals surface area contributed by atoms with E-state index in [9.17, 15) is 0 Å². The fraction of sp³-hybridized carbons (Fsp3) is 1.00. The van der Waals surface area contributed by atoms with Crippen LogP contribution in [0.1, 0.15) is 38.5 Å². The summed E-state index contributed by atoms with van der Waals surface area (Å²) in [5.74, 6) is 0. The molecule has 0 saturated carbocycles.